The molecule has 0 amide bonds. The highest BCUT2D eigenvalue weighted by Crippen LogP contribution is 2.27. The molecule has 98 valence electrons. The van der Waals surface area contributed by atoms with Crippen molar-refractivity contribution in [1.82, 2.24) is 0 Å². The third kappa shape index (κ3) is 3.45. The Kier molecular flexibility index (Phi) is 4.39. The highest BCUT2D eigenvalue weighted by Gasteiger charge is 2.11. The fraction of sp³-hybridized carbons (Fsp3) is 0.0769. The summed E-state index contributed by atoms with van der Waals surface area (Å²) in [6.07, 6.45) is 0. The predicted molar refractivity (Wildman–Crippen MR) is 79.6 cm³/mol. The molecule has 4 nitrogen and oxygen atoms in total. The number of hydrogen-bond donors (Lipinski definition) is 1. The van der Waals surface area contributed by atoms with Gasteiger partial charge in [-0.25, -0.2) is 0 Å². The van der Waals surface area contributed by atoms with Crippen LogP contribution in [-0.4, -0.2) is 4.92 Å². The zero-order valence-corrected chi connectivity index (χ0v) is 12.1. The van der Waals surface area contributed by atoms with E-state index in [1.54, 1.807) is 12.1 Å². The Morgan fingerprint density at radius 1 is 1.26 bits per heavy atom. The molecule has 2 aromatic rings. The van der Waals surface area contributed by atoms with Gasteiger partial charge in [0.1, 0.15) is 5.02 Å². The molecule has 2 aromatic carbocycles. The highest BCUT2D eigenvalue weighted by molar-refractivity contribution is 9.10. The lowest BCUT2D eigenvalue weighted by Crippen LogP contribution is -2.00. The van der Waals surface area contributed by atoms with Crippen molar-refractivity contribution in [1.29, 1.82) is 0 Å². The first kappa shape index (κ1) is 13.8. The van der Waals surface area contributed by atoms with Crippen molar-refractivity contribution in [3.8, 4) is 0 Å². The van der Waals surface area contributed by atoms with Crippen molar-refractivity contribution in [2.24, 2.45) is 0 Å². The summed E-state index contributed by atoms with van der Waals surface area (Å²) in [5.74, 6) is 0. The zero-order chi connectivity index (χ0) is 13.8. The largest absolute Gasteiger partial charge is 0.381 e. The van der Waals surface area contributed by atoms with E-state index in [-0.39, 0.29) is 10.7 Å². The van der Waals surface area contributed by atoms with Gasteiger partial charge in [-0.05, 0) is 23.8 Å². The number of nitrogens with one attached hydrogen (secondary N) is 1. The molecule has 0 aliphatic heterocycles. The number of hydrogen-bond acceptors (Lipinski definition) is 3. The Labute approximate surface area is 123 Å². The Balaban J connectivity index is 2.11. The first-order chi connectivity index (χ1) is 9.08. The van der Waals surface area contributed by atoms with Gasteiger partial charge in [0.25, 0.3) is 5.69 Å². The van der Waals surface area contributed by atoms with Crippen LogP contribution in [0.3, 0.4) is 0 Å². The fourth-order valence-corrected chi connectivity index (χ4v) is 2.28. The van der Waals surface area contributed by atoms with Crippen LogP contribution in [0.4, 0.5) is 11.4 Å². The van der Waals surface area contributed by atoms with Crippen LogP contribution in [0.25, 0.3) is 0 Å². The van der Waals surface area contributed by atoms with Crippen LogP contribution in [0.2, 0.25) is 5.02 Å². The number of anilines is 1. The molecule has 2 rings (SSSR count). The van der Waals surface area contributed by atoms with Gasteiger partial charge in [0, 0.05) is 22.8 Å². The molecule has 0 aliphatic carbocycles. The average molecular weight is 342 g/mol. The van der Waals surface area contributed by atoms with Crippen molar-refractivity contribution < 1.29 is 4.92 Å². The molecule has 0 spiro atoms. The minimum Gasteiger partial charge on any atom is -0.381 e. The molecule has 0 saturated carbocycles. The summed E-state index contributed by atoms with van der Waals surface area (Å²) < 4.78 is 1.01. The summed E-state index contributed by atoms with van der Waals surface area (Å²) in [6, 6.07) is 12.4. The zero-order valence-electron chi connectivity index (χ0n) is 9.77. The highest BCUT2D eigenvalue weighted by atomic mass is 79.9. The van der Waals surface area contributed by atoms with Gasteiger partial charge in [0.05, 0.1) is 4.92 Å². The molecule has 0 radical (unpaired) electrons. The van der Waals surface area contributed by atoms with Gasteiger partial charge >= 0.3 is 0 Å². The molecule has 1 N–H and O–H groups in total. The first-order valence-electron chi connectivity index (χ1n) is 5.49. The fourth-order valence-electron chi connectivity index (χ4n) is 1.60. The topological polar surface area (TPSA) is 55.2 Å². The van der Waals surface area contributed by atoms with E-state index in [2.05, 4.69) is 21.2 Å². The molecule has 0 bridgehead atoms. The summed E-state index contributed by atoms with van der Waals surface area (Å²) in [5, 5.41) is 14.0. The second kappa shape index (κ2) is 6.04. The lowest BCUT2D eigenvalue weighted by Gasteiger charge is -2.08. The van der Waals surface area contributed by atoms with Crippen LogP contribution in [0, 0.1) is 10.1 Å². The minimum atomic E-state index is -0.500. The first-order valence-corrected chi connectivity index (χ1v) is 6.66. The number of benzene rings is 2. The molecule has 0 aromatic heterocycles. The second-order valence-corrected chi connectivity index (χ2v) is 5.13. The van der Waals surface area contributed by atoms with E-state index in [0.29, 0.717) is 6.54 Å². The van der Waals surface area contributed by atoms with E-state index in [9.17, 15) is 10.1 Å². The molecule has 0 atom stereocenters. The van der Waals surface area contributed by atoms with E-state index in [1.807, 2.05) is 24.3 Å². The van der Waals surface area contributed by atoms with Crippen molar-refractivity contribution in [3.05, 3.63) is 67.6 Å². The van der Waals surface area contributed by atoms with Crippen LogP contribution in [-0.2, 0) is 6.54 Å². The van der Waals surface area contributed by atoms with Crippen LogP contribution >= 0.6 is 27.5 Å². The van der Waals surface area contributed by atoms with E-state index in [4.69, 9.17) is 11.6 Å². The van der Waals surface area contributed by atoms with Crippen LogP contribution in [0.5, 0.6) is 0 Å². The summed E-state index contributed by atoms with van der Waals surface area (Å²) >= 11 is 9.31. The van der Waals surface area contributed by atoms with Gasteiger partial charge in [-0.1, -0.05) is 45.7 Å². The van der Waals surface area contributed by atoms with Gasteiger partial charge in [-0.15, -0.1) is 0 Å². The summed E-state index contributed by atoms with van der Waals surface area (Å²) in [6.45, 7) is 0.607. The van der Waals surface area contributed by atoms with Crippen LogP contribution < -0.4 is 5.32 Å². The molecule has 19 heavy (non-hydrogen) atoms. The van der Waals surface area contributed by atoms with Crippen molar-refractivity contribution in [2.75, 3.05) is 5.32 Å². The monoisotopic (exact) mass is 340 g/mol. The van der Waals surface area contributed by atoms with Gasteiger partial charge in [-0.2, -0.15) is 0 Å². The molecular weight excluding hydrogens is 332 g/mol. The Hall–Kier alpha value is -1.59. The lowest BCUT2D eigenvalue weighted by atomic mass is 10.2. The van der Waals surface area contributed by atoms with Crippen molar-refractivity contribution in [2.45, 2.75) is 6.54 Å². The maximum Gasteiger partial charge on any atom is 0.288 e. The smallest absolute Gasteiger partial charge is 0.288 e. The maximum atomic E-state index is 10.7. The molecule has 0 unspecified atom stereocenters. The third-order valence-electron chi connectivity index (χ3n) is 2.59. The SMILES string of the molecule is O=[N+]([O-])c1ccc(NCc2ccccc2Br)cc1Cl. The van der Waals surface area contributed by atoms with Crippen molar-refractivity contribution in [3.63, 3.8) is 0 Å². The van der Waals surface area contributed by atoms with Crippen LogP contribution in [0.15, 0.2) is 46.9 Å². The molecule has 6 heteroatoms. The molecule has 0 saturated heterocycles. The summed E-state index contributed by atoms with van der Waals surface area (Å²) in [4.78, 5) is 10.2. The summed E-state index contributed by atoms with van der Waals surface area (Å²) in [7, 11) is 0. The van der Waals surface area contributed by atoms with E-state index < -0.39 is 4.92 Å². The Morgan fingerprint density at radius 2 is 2.00 bits per heavy atom. The number of nitrogens with zero attached hydrogens (tertiary/aromatic N) is 1. The third-order valence-corrected chi connectivity index (χ3v) is 3.66. The van der Waals surface area contributed by atoms with Crippen molar-refractivity contribution >= 4 is 38.9 Å². The van der Waals surface area contributed by atoms with Gasteiger partial charge in [0.2, 0.25) is 0 Å². The number of halogens is 2. The number of rotatable bonds is 4. The molecule has 0 fully saturated rings. The Bertz CT molecular complexity index is 619. The van der Waals surface area contributed by atoms with Gasteiger partial charge in [-0.3, -0.25) is 10.1 Å². The average Bonchev–Trinajstić information content (AvgIpc) is 2.37. The minimum absolute atomic E-state index is 0.0897. The summed E-state index contributed by atoms with van der Waals surface area (Å²) in [5.41, 5.74) is 1.75. The quantitative estimate of drug-likeness (QED) is 0.652. The maximum absolute atomic E-state index is 10.7. The number of nitro groups is 1. The van der Waals surface area contributed by atoms with Gasteiger partial charge < -0.3 is 5.32 Å². The predicted octanol–water partition coefficient (Wildman–Crippen LogP) is 4.62. The van der Waals surface area contributed by atoms with Gasteiger partial charge in [0.15, 0.2) is 0 Å². The number of nitro benzene ring substituents is 1. The normalized spacial score (nSPS) is 10.2. The molecule has 0 aliphatic rings. The van der Waals surface area contributed by atoms with E-state index in [0.717, 1.165) is 15.7 Å². The standard InChI is InChI=1S/C13H10BrClN2O2/c14-11-4-2-1-3-9(11)8-16-10-5-6-13(17(18)19)12(15)7-10/h1-7,16H,8H2. The molecular formula is C13H10BrClN2O2. The lowest BCUT2D eigenvalue weighted by molar-refractivity contribution is -0.384. The van der Waals surface area contributed by atoms with E-state index >= 15 is 0 Å². The Morgan fingerprint density at radius 3 is 2.63 bits per heavy atom. The molecule has 0 heterocycles. The van der Waals surface area contributed by atoms with Crippen LogP contribution in [0.1, 0.15) is 5.56 Å². The second-order valence-electron chi connectivity index (χ2n) is 3.87. The van der Waals surface area contributed by atoms with E-state index in [1.165, 1.54) is 6.07 Å².